The Morgan fingerprint density at radius 1 is 1.17 bits per heavy atom. The molecule has 0 saturated heterocycles. The van der Waals surface area contributed by atoms with Gasteiger partial charge >= 0.3 is 18.0 Å². The summed E-state index contributed by atoms with van der Waals surface area (Å²) in [5.41, 5.74) is -0.650. The standard InChI is InChI=1S/C17H28N2O5/c1-8-10-18(16(22)24-17(5,6)7)11-12-19(13(3)4)14(20)15(21)23-9-2/h1,13H,9-12H2,2-7H3. The minimum absolute atomic E-state index is 0.0500. The molecule has 0 spiro atoms. The maximum absolute atomic E-state index is 12.2. The lowest BCUT2D eigenvalue weighted by atomic mass is 10.2. The SMILES string of the molecule is C#CCN(CCN(C(=O)C(=O)OCC)C(C)C)C(=O)OC(C)(C)C. The molecule has 0 aliphatic rings. The molecule has 0 aliphatic carbocycles. The van der Waals surface area contributed by atoms with Crippen LogP contribution in [0.2, 0.25) is 0 Å². The Labute approximate surface area is 144 Å². The fourth-order valence-electron chi connectivity index (χ4n) is 1.80. The molecule has 2 amide bonds. The molecule has 0 aromatic heterocycles. The molecule has 0 heterocycles. The Balaban J connectivity index is 4.96. The van der Waals surface area contributed by atoms with Gasteiger partial charge in [-0.25, -0.2) is 9.59 Å². The van der Waals surface area contributed by atoms with Gasteiger partial charge in [0.15, 0.2) is 0 Å². The van der Waals surface area contributed by atoms with E-state index in [0.717, 1.165) is 0 Å². The second-order valence-electron chi connectivity index (χ2n) is 6.42. The zero-order valence-electron chi connectivity index (χ0n) is 15.4. The largest absolute Gasteiger partial charge is 0.459 e. The fourth-order valence-corrected chi connectivity index (χ4v) is 1.80. The van der Waals surface area contributed by atoms with Crippen LogP contribution in [0.1, 0.15) is 41.5 Å². The summed E-state index contributed by atoms with van der Waals surface area (Å²) in [6.45, 7) is 10.9. The topological polar surface area (TPSA) is 76.2 Å². The van der Waals surface area contributed by atoms with Crippen LogP contribution in [0.4, 0.5) is 4.79 Å². The van der Waals surface area contributed by atoms with Crippen molar-refractivity contribution in [2.45, 2.75) is 53.2 Å². The van der Waals surface area contributed by atoms with Gasteiger partial charge < -0.3 is 14.4 Å². The van der Waals surface area contributed by atoms with Crippen LogP contribution >= 0.6 is 0 Å². The van der Waals surface area contributed by atoms with Crippen LogP contribution in [0.5, 0.6) is 0 Å². The third kappa shape index (κ3) is 7.86. The summed E-state index contributed by atoms with van der Waals surface area (Å²) in [4.78, 5) is 38.6. The summed E-state index contributed by atoms with van der Waals surface area (Å²) in [5.74, 6) is 0.740. The summed E-state index contributed by atoms with van der Waals surface area (Å²) in [5, 5.41) is 0. The van der Waals surface area contributed by atoms with E-state index in [2.05, 4.69) is 5.92 Å². The van der Waals surface area contributed by atoms with E-state index >= 15 is 0 Å². The van der Waals surface area contributed by atoms with Crippen molar-refractivity contribution < 1.29 is 23.9 Å². The summed E-state index contributed by atoms with van der Waals surface area (Å²) >= 11 is 0. The lowest BCUT2D eigenvalue weighted by Crippen LogP contribution is -2.47. The maximum Gasteiger partial charge on any atom is 0.411 e. The molecule has 136 valence electrons. The van der Waals surface area contributed by atoms with Gasteiger partial charge in [-0.05, 0) is 41.5 Å². The van der Waals surface area contributed by atoms with E-state index in [9.17, 15) is 14.4 Å². The van der Waals surface area contributed by atoms with Crippen molar-refractivity contribution in [1.29, 1.82) is 0 Å². The van der Waals surface area contributed by atoms with Gasteiger partial charge in [0, 0.05) is 19.1 Å². The first-order valence-corrected chi connectivity index (χ1v) is 7.92. The molecule has 0 saturated carbocycles. The highest BCUT2D eigenvalue weighted by molar-refractivity contribution is 6.32. The maximum atomic E-state index is 12.2. The molecule has 0 unspecified atom stereocenters. The molecule has 0 aliphatic heterocycles. The van der Waals surface area contributed by atoms with E-state index in [1.54, 1.807) is 41.5 Å². The van der Waals surface area contributed by atoms with Crippen molar-refractivity contribution in [3.8, 4) is 12.3 Å². The number of esters is 1. The number of carbonyl (C=O) groups excluding carboxylic acids is 3. The van der Waals surface area contributed by atoms with Crippen molar-refractivity contribution >= 4 is 18.0 Å². The van der Waals surface area contributed by atoms with E-state index in [-0.39, 0.29) is 32.3 Å². The number of carbonyl (C=O) groups is 3. The van der Waals surface area contributed by atoms with Crippen molar-refractivity contribution in [3.05, 3.63) is 0 Å². The normalized spacial score (nSPS) is 10.8. The molecule has 0 aromatic rings. The molecule has 0 N–H and O–H groups in total. The van der Waals surface area contributed by atoms with Gasteiger partial charge in [0.2, 0.25) is 0 Å². The van der Waals surface area contributed by atoms with Gasteiger partial charge in [-0.2, -0.15) is 0 Å². The van der Waals surface area contributed by atoms with Crippen molar-refractivity contribution in [2.75, 3.05) is 26.2 Å². The number of nitrogens with zero attached hydrogens (tertiary/aromatic N) is 2. The smallest absolute Gasteiger partial charge is 0.411 e. The highest BCUT2D eigenvalue weighted by Crippen LogP contribution is 2.10. The lowest BCUT2D eigenvalue weighted by molar-refractivity contribution is -0.160. The zero-order valence-corrected chi connectivity index (χ0v) is 15.4. The Morgan fingerprint density at radius 3 is 2.17 bits per heavy atom. The number of hydrogen-bond donors (Lipinski definition) is 0. The molecule has 0 aromatic carbocycles. The molecule has 0 bridgehead atoms. The third-order valence-corrected chi connectivity index (χ3v) is 2.88. The first kappa shape index (κ1) is 21.8. The van der Waals surface area contributed by atoms with Crippen LogP contribution in [0, 0.1) is 12.3 Å². The van der Waals surface area contributed by atoms with E-state index in [1.165, 1.54) is 9.80 Å². The van der Waals surface area contributed by atoms with Gasteiger partial charge in [0.25, 0.3) is 0 Å². The minimum Gasteiger partial charge on any atom is -0.459 e. The first-order valence-electron chi connectivity index (χ1n) is 7.92. The van der Waals surface area contributed by atoms with Crippen LogP contribution in [-0.4, -0.2) is 65.7 Å². The predicted molar refractivity (Wildman–Crippen MR) is 90.1 cm³/mol. The van der Waals surface area contributed by atoms with Crippen molar-refractivity contribution in [3.63, 3.8) is 0 Å². The second kappa shape index (κ2) is 9.81. The van der Waals surface area contributed by atoms with E-state index in [1.807, 2.05) is 0 Å². The van der Waals surface area contributed by atoms with E-state index in [4.69, 9.17) is 15.9 Å². The lowest BCUT2D eigenvalue weighted by Gasteiger charge is -2.30. The summed E-state index contributed by atoms with van der Waals surface area (Å²) in [7, 11) is 0. The Morgan fingerprint density at radius 2 is 1.75 bits per heavy atom. The molecule has 0 atom stereocenters. The Bertz CT molecular complexity index is 488. The first-order chi connectivity index (χ1) is 11.0. The number of amides is 2. The highest BCUT2D eigenvalue weighted by atomic mass is 16.6. The van der Waals surface area contributed by atoms with Crippen LogP contribution in [0.15, 0.2) is 0 Å². The molecule has 0 rings (SSSR count). The van der Waals surface area contributed by atoms with Gasteiger partial charge in [-0.15, -0.1) is 6.42 Å². The van der Waals surface area contributed by atoms with Crippen LogP contribution in [0.25, 0.3) is 0 Å². The van der Waals surface area contributed by atoms with Gasteiger partial charge in [0.1, 0.15) is 5.60 Å². The van der Waals surface area contributed by atoms with Gasteiger partial charge in [-0.1, -0.05) is 5.92 Å². The minimum atomic E-state index is -0.910. The number of hydrogen-bond acceptors (Lipinski definition) is 5. The highest BCUT2D eigenvalue weighted by Gasteiger charge is 2.27. The molecule has 24 heavy (non-hydrogen) atoms. The quantitative estimate of drug-likeness (QED) is 0.417. The second-order valence-corrected chi connectivity index (χ2v) is 6.42. The molecule has 0 fully saturated rings. The predicted octanol–water partition coefficient (Wildman–Crippen LogP) is 1.66. The van der Waals surface area contributed by atoms with Gasteiger partial charge in [0.05, 0.1) is 13.2 Å². The number of terminal acetylenes is 1. The Hall–Kier alpha value is -2.23. The average molecular weight is 340 g/mol. The fraction of sp³-hybridized carbons (Fsp3) is 0.706. The molecule has 7 heteroatoms. The van der Waals surface area contributed by atoms with Crippen LogP contribution in [-0.2, 0) is 19.1 Å². The van der Waals surface area contributed by atoms with Crippen molar-refractivity contribution in [2.24, 2.45) is 0 Å². The molecule has 0 radical (unpaired) electrons. The summed E-state index contributed by atoms with van der Waals surface area (Å²) in [6, 6.07) is -0.228. The summed E-state index contributed by atoms with van der Waals surface area (Å²) < 4.78 is 10.0. The Kier molecular flexibility index (Phi) is 8.90. The van der Waals surface area contributed by atoms with Gasteiger partial charge in [-0.3, -0.25) is 9.69 Å². The summed E-state index contributed by atoms with van der Waals surface area (Å²) in [6.07, 6.45) is 4.73. The third-order valence-electron chi connectivity index (χ3n) is 2.88. The van der Waals surface area contributed by atoms with Crippen molar-refractivity contribution in [1.82, 2.24) is 9.80 Å². The molecule has 7 nitrogen and oxygen atoms in total. The zero-order chi connectivity index (χ0) is 18.9. The van der Waals surface area contributed by atoms with Crippen LogP contribution < -0.4 is 0 Å². The molecular weight excluding hydrogens is 312 g/mol. The average Bonchev–Trinajstić information content (AvgIpc) is 2.44. The number of ether oxygens (including phenoxy) is 2. The molecular formula is C17H28N2O5. The van der Waals surface area contributed by atoms with E-state index in [0.29, 0.717) is 0 Å². The van der Waals surface area contributed by atoms with Crippen LogP contribution in [0.3, 0.4) is 0 Å². The van der Waals surface area contributed by atoms with E-state index < -0.39 is 23.6 Å². The number of rotatable bonds is 6. The monoisotopic (exact) mass is 340 g/mol.